The molecule has 3 nitrogen and oxygen atoms in total. The van der Waals surface area contributed by atoms with Crippen molar-refractivity contribution >= 4 is 17.3 Å². The Morgan fingerprint density at radius 1 is 1.47 bits per heavy atom. The van der Waals surface area contributed by atoms with E-state index in [0.29, 0.717) is 6.10 Å². The number of hydrogen-bond donors (Lipinski definition) is 1. The van der Waals surface area contributed by atoms with E-state index in [2.05, 4.69) is 11.8 Å². The monoisotopic (exact) mass is 282 g/mol. The summed E-state index contributed by atoms with van der Waals surface area (Å²) >= 11 is 6.03. The highest BCUT2D eigenvalue weighted by Gasteiger charge is 2.20. The predicted molar refractivity (Wildman–Crippen MR) is 80.4 cm³/mol. The molecule has 1 atom stereocenters. The van der Waals surface area contributed by atoms with Gasteiger partial charge >= 0.3 is 0 Å². The van der Waals surface area contributed by atoms with Gasteiger partial charge in [0, 0.05) is 30.4 Å². The Kier molecular flexibility index (Phi) is 5.49. The molecule has 0 saturated carbocycles. The van der Waals surface area contributed by atoms with Crippen molar-refractivity contribution < 1.29 is 4.74 Å². The molecule has 0 radical (unpaired) electrons. The van der Waals surface area contributed by atoms with Gasteiger partial charge in [0.1, 0.15) is 0 Å². The molecule has 0 spiro atoms. The van der Waals surface area contributed by atoms with Gasteiger partial charge in [-0.1, -0.05) is 18.5 Å². The minimum absolute atomic E-state index is 0.370. The number of nitrogens with zero attached hydrogens (tertiary/aromatic N) is 1. The fraction of sp³-hybridized carbons (Fsp3) is 0.600. The second-order valence-electron chi connectivity index (χ2n) is 5.21. The third-order valence-electron chi connectivity index (χ3n) is 3.52. The van der Waals surface area contributed by atoms with Gasteiger partial charge in [0.05, 0.1) is 6.10 Å². The first-order chi connectivity index (χ1) is 9.19. The molecule has 1 aliphatic heterocycles. The molecular formula is C15H23ClN2O. The molecule has 19 heavy (non-hydrogen) atoms. The van der Waals surface area contributed by atoms with Crippen LogP contribution in [0.3, 0.4) is 0 Å². The fourth-order valence-corrected chi connectivity index (χ4v) is 2.72. The summed E-state index contributed by atoms with van der Waals surface area (Å²) in [4.78, 5) is 2.41. The fourth-order valence-electron chi connectivity index (χ4n) is 2.53. The number of anilines is 1. The van der Waals surface area contributed by atoms with Crippen LogP contribution in [0.2, 0.25) is 5.02 Å². The Labute approximate surface area is 120 Å². The maximum Gasteiger partial charge on any atom is 0.0702 e. The molecule has 1 aromatic carbocycles. The first-order valence-corrected chi connectivity index (χ1v) is 7.44. The van der Waals surface area contributed by atoms with E-state index in [1.54, 1.807) is 0 Å². The van der Waals surface area contributed by atoms with Crippen LogP contribution in [-0.2, 0) is 11.3 Å². The van der Waals surface area contributed by atoms with Crippen LogP contribution >= 0.6 is 11.6 Å². The molecule has 1 heterocycles. The highest BCUT2D eigenvalue weighted by Crippen LogP contribution is 2.22. The third kappa shape index (κ3) is 4.37. The zero-order valence-corrected chi connectivity index (χ0v) is 12.3. The molecule has 1 aromatic rings. The van der Waals surface area contributed by atoms with Crippen LogP contribution in [0.4, 0.5) is 5.69 Å². The van der Waals surface area contributed by atoms with Gasteiger partial charge in [0.15, 0.2) is 0 Å². The van der Waals surface area contributed by atoms with Gasteiger partial charge < -0.3 is 10.5 Å². The Bertz CT molecular complexity index is 411. The minimum atomic E-state index is 0.370. The van der Waals surface area contributed by atoms with Gasteiger partial charge in [-0.3, -0.25) is 4.90 Å². The molecule has 1 unspecified atom stereocenters. The van der Waals surface area contributed by atoms with E-state index < -0.39 is 0 Å². The number of halogens is 1. The molecule has 106 valence electrons. The van der Waals surface area contributed by atoms with Crippen molar-refractivity contribution in [2.24, 2.45) is 0 Å². The summed E-state index contributed by atoms with van der Waals surface area (Å²) in [5.41, 5.74) is 7.94. The lowest BCUT2D eigenvalue weighted by Crippen LogP contribution is -2.39. The number of likely N-dealkylation sites (tertiary alicyclic amines) is 1. The average Bonchev–Trinajstić information content (AvgIpc) is 2.41. The quantitative estimate of drug-likeness (QED) is 0.842. The summed E-state index contributed by atoms with van der Waals surface area (Å²) in [6.07, 6.45) is 3.81. The molecule has 1 fully saturated rings. The lowest BCUT2D eigenvalue weighted by Gasteiger charge is -2.32. The van der Waals surface area contributed by atoms with E-state index in [-0.39, 0.29) is 0 Å². The second kappa shape index (κ2) is 7.13. The largest absolute Gasteiger partial charge is 0.398 e. The van der Waals surface area contributed by atoms with E-state index in [0.717, 1.165) is 48.9 Å². The zero-order chi connectivity index (χ0) is 13.7. The summed E-state index contributed by atoms with van der Waals surface area (Å²) in [6.45, 7) is 5.97. The van der Waals surface area contributed by atoms with E-state index in [9.17, 15) is 0 Å². The Hall–Kier alpha value is -0.770. The maximum absolute atomic E-state index is 6.03. The molecule has 0 aromatic heterocycles. The number of piperidine rings is 1. The Morgan fingerprint density at radius 3 is 3.11 bits per heavy atom. The van der Waals surface area contributed by atoms with Gasteiger partial charge in [-0.15, -0.1) is 0 Å². The topological polar surface area (TPSA) is 38.5 Å². The van der Waals surface area contributed by atoms with Gasteiger partial charge in [-0.25, -0.2) is 0 Å². The van der Waals surface area contributed by atoms with Crippen LogP contribution in [0, 0.1) is 0 Å². The van der Waals surface area contributed by atoms with Gasteiger partial charge in [-0.05, 0) is 49.6 Å². The van der Waals surface area contributed by atoms with E-state index >= 15 is 0 Å². The van der Waals surface area contributed by atoms with Crippen LogP contribution < -0.4 is 5.73 Å². The maximum atomic E-state index is 6.03. The molecule has 0 aliphatic carbocycles. The van der Waals surface area contributed by atoms with Gasteiger partial charge in [0.25, 0.3) is 0 Å². The van der Waals surface area contributed by atoms with Crippen LogP contribution in [0.1, 0.15) is 31.7 Å². The highest BCUT2D eigenvalue weighted by molar-refractivity contribution is 6.30. The molecule has 4 heteroatoms. The molecule has 0 bridgehead atoms. The molecule has 1 aliphatic rings. The summed E-state index contributed by atoms with van der Waals surface area (Å²) < 4.78 is 5.86. The number of hydrogen-bond acceptors (Lipinski definition) is 3. The van der Waals surface area contributed by atoms with E-state index in [1.165, 1.54) is 12.8 Å². The Morgan fingerprint density at radius 2 is 2.32 bits per heavy atom. The SMILES string of the molecule is CCCOC1CCCN(Cc2cc(Cl)ccc2N)C1. The van der Waals surface area contributed by atoms with Crippen molar-refractivity contribution in [1.82, 2.24) is 4.90 Å². The Balaban J connectivity index is 1.93. The van der Waals surface area contributed by atoms with Crippen molar-refractivity contribution in [2.75, 3.05) is 25.4 Å². The third-order valence-corrected chi connectivity index (χ3v) is 3.75. The van der Waals surface area contributed by atoms with Gasteiger partial charge in [0.2, 0.25) is 0 Å². The molecule has 2 rings (SSSR count). The van der Waals surface area contributed by atoms with Gasteiger partial charge in [-0.2, -0.15) is 0 Å². The van der Waals surface area contributed by atoms with E-state index in [4.69, 9.17) is 22.1 Å². The normalized spacial score (nSPS) is 20.6. The van der Waals surface area contributed by atoms with Crippen LogP contribution in [-0.4, -0.2) is 30.7 Å². The lowest BCUT2D eigenvalue weighted by molar-refractivity contribution is -0.00217. The molecular weight excluding hydrogens is 260 g/mol. The van der Waals surface area contributed by atoms with Crippen molar-refractivity contribution in [3.8, 4) is 0 Å². The van der Waals surface area contributed by atoms with Crippen LogP contribution in [0.15, 0.2) is 18.2 Å². The summed E-state index contributed by atoms with van der Waals surface area (Å²) in [5, 5.41) is 0.750. The highest BCUT2D eigenvalue weighted by atomic mass is 35.5. The summed E-state index contributed by atoms with van der Waals surface area (Å²) in [5.74, 6) is 0. The first kappa shape index (κ1) is 14.6. The van der Waals surface area contributed by atoms with Crippen LogP contribution in [0.5, 0.6) is 0 Å². The molecule has 1 saturated heterocycles. The minimum Gasteiger partial charge on any atom is -0.398 e. The average molecular weight is 283 g/mol. The number of nitrogens with two attached hydrogens (primary N) is 1. The standard InChI is InChI=1S/C15H23ClN2O/c1-2-8-19-14-4-3-7-18(11-14)10-12-9-13(16)5-6-15(12)17/h5-6,9,14H,2-4,7-8,10-11,17H2,1H3. The number of rotatable bonds is 5. The first-order valence-electron chi connectivity index (χ1n) is 7.07. The van der Waals surface area contributed by atoms with Crippen molar-refractivity contribution in [3.05, 3.63) is 28.8 Å². The van der Waals surface area contributed by atoms with Crippen molar-refractivity contribution in [2.45, 2.75) is 38.8 Å². The van der Waals surface area contributed by atoms with Crippen LogP contribution in [0.25, 0.3) is 0 Å². The number of benzene rings is 1. The lowest BCUT2D eigenvalue weighted by atomic mass is 10.1. The van der Waals surface area contributed by atoms with E-state index in [1.807, 2.05) is 18.2 Å². The smallest absolute Gasteiger partial charge is 0.0702 e. The van der Waals surface area contributed by atoms with Crippen molar-refractivity contribution in [1.29, 1.82) is 0 Å². The molecule has 0 amide bonds. The van der Waals surface area contributed by atoms with Crippen molar-refractivity contribution in [3.63, 3.8) is 0 Å². The number of ether oxygens (including phenoxy) is 1. The zero-order valence-electron chi connectivity index (χ0n) is 11.6. The second-order valence-corrected chi connectivity index (χ2v) is 5.65. The number of nitrogen functional groups attached to an aromatic ring is 1. The summed E-state index contributed by atoms with van der Waals surface area (Å²) in [6, 6.07) is 5.68. The summed E-state index contributed by atoms with van der Waals surface area (Å²) in [7, 11) is 0. The predicted octanol–water partition coefficient (Wildman–Crippen LogP) is 3.31. The molecule has 2 N–H and O–H groups in total.